The van der Waals surface area contributed by atoms with E-state index in [4.69, 9.17) is 10.5 Å². The van der Waals surface area contributed by atoms with Gasteiger partial charge in [-0.1, -0.05) is 30.3 Å². The van der Waals surface area contributed by atoms with Crippen molar-refractivity contribution >= 4 is 17.8 Å². The van der Waals surface area contributed by atoms with Gasteiger partial charge in [-0.05, 0) is 17.5 Å². The average Bonchev–Trinajstić information content (AvgIpc) is 3.12. The van der Waals surface area contributed by atoms with Crippen LogP contribution in [0.5, 0.6) is 5.88 Å². The summed E-state index contributed by atoms with van der Waals surface area (Å²) in [6, 6.07) is 9.57. The summed E-state index contributed by atoms with van der Waals surface area (Å²) in [5.41, 5.74) is 7.05. The van der Waals surface area contributed by atoms with Crippen LogP contribution < -0.4 is 26.0 Å². The number of aromatic nitrogens is 2. The fourth-order valence-electron chi connectivity index (χ4n) is 4.56. The number of anilines is 1. The molecule has 2 fully saturated rings. The molecule has 9 heteroatoms. The van der Waals surface area contributed by atoms with Gasteiger partial charge in [-0.25, -0.2) is 4.98 Å². The van der Waals surface area contributed by atoms with Crippen molar-refractivity contribution in [3.8, 4) is 5.88 Å². The molecule has 1 saturated heterocycles. The molecule has 1 aliphatic carbocycles. The molecule has 1 saturated carbocycles. The van der Waals surface area contributed by atoms with Crippen molar-refractivity contribution in [2.75, 3.05) is 11.4 Å². The molecule has 0 spiro atoms. The summed E-state index contributed by atoms with van der Waals surface area (Å²) in [5, 5.41) is 5.98. The molecule has 2 amide bonds. The molecule has 1 aromatic carbocycles. The zero-order valence-electron chi connectivity index (χ0n) is 17.7. The van der Waals surface area contributed by atoms with Crippen LogP contribution in [0.3, 0.4) is 0 Å². The topological polar surface area (TPSA) is 122 Å². The van der Waals surface area contributed by atoms with Crippen LogP contribution in [0, 0.1) is 5.92 Å². The highest BCUT2D eigenvalue weighted by molar-refractivity contribution is 5.95. The van der Waals surface area contributed by atoms with Crippen molar-refractivity contribution in [3.05, 3.63) is 60.3 Å². The Labute approximate surface area is 186 Å². The average molecular weight is 435 g/mol. The number of nitrogens with two attached hydrogens (primary N) is 1. The van der Waals surface area contributed by atoms with Crippen molar-refractivity contribution in [1.29, 1.82) is 0 Å². The molecule has 9 nitrogen and oxygen atoms in total. The van der Waals surface area contributed by atoms with Gasteiger partial charge in [-0.2, -0.15) is 4.98 Å². The third-order valence-corrected chi connectivity index (χ3v) is 6.52. The molecule has 32 heavy (non-hydrogen) atoms. The minimum Gasteiger partial charge on any atom is -0.473 e. The van der Waals surface area contributed by atoms with Crippen LogP contribution in [0.15, 0.2) is 49.2 Å². The molecule has 2 aromatic rings. The zero-order valence-corrected chi connectivity index (χ0v) is 17.7. The summed E-state index contributed by atoms with van der Waals surface area (Å²) in [4.78, 5) is 35.6. The molecule has 4 N–H and O–H groups in total. The quantitative estimate of drug-likeness (QED) is 0.547. The zero-order chi connectivity index (χ0) is 22.3. The number of carbonyl (C=O) groups excluding carboxylic acids is 2. The van der Waals surface area contributed by atoms with Gasteiger partial charge in [-0.3, -0.25) is 9.59 Å². The fraction of sp³-hybridized carbons (Fsp3) is 0.391. The van der Waals surface area contributed by atoms with E-state index in [1.807, 2.05) is 12.1 Å². The summed E-state index contributed by atoms with van der Waals surface area (Å²) in [5.74, 6) is 0.193. The number of primary amides is 1. The highest BCUT2D eigenvalue weighted by Gasteiger charge is 2.59. The molecule has 3 aliphatic rings. The minimum atomic E-state index is -1.01. The van der Waals surface area contributed by atoms with Crippen LogP contribution >= 0.6 is 0 Å². The molecule has 2 aliphatic heterocycles. The van der Waals surface area contributed by atoms with Crippen LogP contribution in [-0.4, -0.2) is 46.0 Å². The summed E-state index contributed by atoms with van der Waals surface area (Å²) >= 11 is 0. The highest BCUT2D eigenvalue weighted by Crippen LogP contribution is 2.44. The number of hydrogen-bond acceptors (Lipinski definition) is 7. The van der Waals surface area contributed by atoms with Gasteiger partial charge in [0.25, 0.3) is 0 Å². The van der Waals surface area contributed by atoms with Crippen molar-refractivity contribution in [1.82, 2.24) is 20.6 Å². The maximum Gasteiger partial charge on any atom is 0.243 e. The van der Waals surface area contributed by atoms with E-state index in [1.165, 1.54) is 11.1 Å². The Hall–Kier alpha value is -3.46. The molecule has 0 bridgehead atoms. The highest BCUT2D eigenvalue weighted by atomic mass is 16.5. The molecule has 2 unspecified atom stereocenters. The van der Waals surface area contributed by atoms with Crippen molar-refractivity contribution in [3.63, 3.8) is 0 Å². The number of nitrogens with one attached hydrogen (secondary N) is 2. The van der Waals surface area contributed by atoms with E-state index in [-0.39, 0.29) is 17.9 Å². The maximum absolute atomic E-state index is 12.7. The lowest BCUT2D eigenvalue weighted by Gasteiger charge is -2.19. The van der Waals surface area contributed by atoms with Gasteiger partial charge in [0.15, 0.2) is 0 Å². The van der Waals surface area contributed by atoms with Crippen molar-refractivity contribution in [2.24, 2.45) is 11.7 Å². The summed E-state index contributed by atoms with van der Waals surface area (Å²) < 4.78 is 6.04. The Morgan fingerprint density at radius 3 is 2.69 bits per heavy atom. The Morgan fingerprint density at radius 1 is 1.28 bits per heavy atom. The monoisotopic (exact) mass is 434 g/mol. The van der Waals surface area contributed by atoms with E-state index in [0.717, 1.165) is 13.1 Å². The van der Waals surface area contributed by atoms with Gasteiger partial charge < -0.3 is 26.0 Å². The summed E-state index contributed by atoms with van der Waals surface area (Å²) in [7, 11) is 0. The first-order chi connectivity index (χ1) is 15.5. The molecule has 4 atom stereocenters. The van der Waals surface area contributed by atoms with Gasteiger partial charge in [0.2, 0.25) is 23.6 Å². The molecule has 1 aromatic heterocycles. The van der Waals surface area contributed by atoms with Crippen LogP contribution in [0.2, 0.25) is 0 Å². The van der Waals surface area contributed by atoms with Crippen molar-refractivity contribution < 1.29 is 14.3 Å². The summed E-state index contributed by atoms with van der Waals surface area (Å²) in [6.45, 7) is 5.73. The van der Waals surface area contributed by atoms with Gasteiger partial charge in [0.05, 0.1) is 6.04 Å². The Balaban J connectivity index is 1.19. The van der Waals surface area contributed by atoms with Gasteiger partial charge >= 0.3 is 0 Å². The second-order valence-electron chi connectivity index (χ2n) is 8.63. The van der Waals surface area contributed by atoms with Crippen LogP contribution in [-0.2, 0) is 22.7 Å². The number of amides is 2. The number of benzene rings is 1. The smallest absolute Gasteiger partial charge is 0.243 e. The normalized spacial score (nSPS) is 28.1. The number of nitrogens with zero attached hydrogens (tertiary/aromatic N) is 3. The lowest BCUT2D eigenvalue weighted by Crippen LogP contribution is -2.53. The van der Waals surface area contributed by atoms with Crippen molar-refractivity contribution in [2.45, 2.75) is 43.6 Å². The first-order valence-electron chi connectivity index (χ1n) is 10.8. The fourth-order valence-corrected chi connectivity index (χ4v) is 4.56. The largest absolute Gasteiger partial charge is 0.473 e. The van der Waals surface area contributed by atoms with E-state index in [0.29, 0.717) is 31.2 Å². The minimum absolute atomic E-state index is 0.117. The van der Waals surface area contributed by atoms with Gasteiger partial charge in [-0.15, -0.1) is 6.58 Å². The van der Waals surface area contributed by atoms with E-state index < -0.39 is 17.5 Å². The second-order valence-corrected chi connectivity index (χ2v) is 8.63. The predicted octanol–water partition coefficient (Wildman–Crippen LogP) is 0.652. The molecule has 0 radical (unpaired) electrons. The Bertz CT molecular complexity index is 1050. The lowest BCUT2D eigenvalue weighted by atomic mass is 10.1. The molecular weight excluding hydrogens is 408 g/mol. The summed E-state index contributed by atoms with van der Waals surface area (Å²) in [6.07, 6.45) is 4.09. The Morgan fingerprint density at radius 2 is 2.03 bits per heavy atom. The number of fused-ring (bicyclic) bond motifs is 1. The number of hydrogen-bond donors (Lipinski definition) is 3. The first kappa shape index (κ1) is 20.4. The number of rotatable bonds is 7. The van der Waals surface area contributed by atoms with E-state index in [9.17, 15) is 9.59 Å². The SMILES string of the molecule is C=CC1CC1(NC(=O)[C@@H]1C[C@@H](Oc2ccnc(N3Cc4ccccc4C3)n2)CN1)C(N)=O. The first-order valence-corrected chi connectivity index (χ1v) is 10.8. The molecule has 5 rings (SSSR count). The van der Waals surface area contributed by atoms with Gasteiger partial charge in [0, 0.05) is 44.2 Å². The van der Waals surface area contributed by atoms with Gasteiger partial charge in [0.1, 0.15) is 11.6 Å². The van der Waals surface area contributed by atoms with Crippen LogP contribution in [0.4, 0.5) is 5.95 Å². The van der Waals surface area contributed by atoms with E-state index in [2.05, 4.69) is 44.2 Å². The number of ether oxygens (including phenoxy) is 1. The standard InChI is InChI=1S/C23H26N6O3/c1-2-16-10-23(16,21(24)31)28-20(30)18-9-17(11-26-18)32-19-7-8-25-22(27-19)29-12-14-5-3-4-6-15(14)13-29/h2-8,16-18,26H,1,9-13H2,(H2,24,31)(H,28,30)/t16?,17-,18+,23?/m1/s1. The maximum atomic E-state index is 12.7. The predicted molar refractivity (Wildman–Crippen MR) is 118 cm³/mol. The van der Waals surface area contributed by atoms with Crippen LogP contribution in [0.1, 0.15) is 24.0 Å². The van der Waals surface area contributed by atoms with E-state index >= 15 is 0 Å². The third-order valence-electron chi connectivity index (χ3n) is 6.52. The number of carbonyl (C=O) groups is 2. The van der Waals surface area contributed by atoms with Crippen LogP contribution in [0.25, 0.3) is 0 Å². The molecule has 3 heterocycles. The third kappa shape index (κ3) is 3.69. The molecular formula is C23H26N6O3. The second kappa shape index (κ2) is 7.90. The van der Waals surface area contributed by atoms with E-state index in [1.54, 1.807) is 18.3 Å². The Kier molecular flexibility index (Phi) is 5.05. The molecule has 166 valence electrons. The lowest BCUT2D eigenvalue weighted by molar-refractivity contribution is -0.129.